The van der Waals surface area contributed by atoms with Gasteiger partial charge in [0, 0.05) is 37.6 Å². The van der Waals surface area contributed by atoms with Crippen LogP contribution in [0.2, 0.25) is 0 Å². The molecule has 1 amide bonds. The van der Waals surface area contributed by atoms with E-state index in [1.807, 2.05) is 25.1 Å². The Morgan fingerprint density at radius 1 is 1.38 bits per heavy atom. The van der Waals surface area contributed by atoms with Crippen LogP contribution < -0.4 is 10.6 Å². The Hall–Kier alpha value is -1.55. The third-order valence-electron chi connectivity index (χ3n) is 3.91. The largest absolute Gasteiger partial charge is 0.385 e. The summed E-state index contributed by atoms with van der Waals surface area (Å²) in [4.78, 5) is 12.2. The second-order valence-electron chi connectivity index (χ2n) is 5.73. The van der Waals surface area contributed by atoms with Crippen LogP contribution >= 0.6 is 0 Å². The molecule has 1 heterocycles. The van der Waals surface area contributed by atoms with Crippen molar-refractivity contribution in [3.05, 3.63) is 29.3 Å². The van der Waals surface area contributed by atoms with Gasteiger partial charge in [0.05, 0.1) is 0 Å². The van der Waals surface area contributed by atoms with Gasteiger partial charge in [-0.15, -0.1) is 0 Å². The van der Waals surface area contributed by atoms with E-state index in [1.165, 1.54) is 0 Å². The van der Waals surface area contributed by atoms with Gasteiger partial charge < -0.3 is 15.4 Å². The van der Waals surface area contributed by atoms with E-state index in [-0.39, 0.29) is 5.91 Å². The highest BCUT2D eigenvalue weighted by atomic mass is 16.5. The minimum Gasteiger partial charge on any atom is -0.385 e. The van der Waals surface area contributed by atoms with Crippen LogP contribution in [0.3, 0.4) is 0 Å². The molecule has 4 heteroatoms. The zero-order valence-corrected chi connectivity index (χ0v) is 13.1. The van der Waals surface area contributed by atoms with Gasteiger partial charge in [0.1, 0.15) is 0 Å². The number of hydrogen-bond donors (Lipinski definition) is 2. The maximum absolute atomic E-state index is 12.2. The molecule has 1 saturated heterocycles. The van der Waals surface area contributed by atoms with Gasteiger partial charge in [0.2, 0.25) is 0 Å². The van der Waals surface area contributed by atoms with Gasteiger partial charge in [-0.3, -0.25) is 4.79 Å². The number of anilines is 1. The zero-order valence-electron chi connectivity index (χ0n) is 13.1. The standard InChI is InChI=1S/C17H26N2O2/c1-3-8-18-15-4-5-16(13(2)11-15)17(20)19-9-6-14-7-10-21-12-14/h4-5,11,14,18H,3,6-10,12H2,1-2H3,(H,19,20). The molecule has 0 aromatic heterocycles. The normalized spacial score (nSPS) is 17.7. The number of rotatable bonds is 7. The lowest BCUT2D eigenvalue weighted by Gasteiger charge is -2.12. The smallest absolute Gasteiger partial charge is 0.251 e. The molecule has 21 heavy (non-hydrogen) atoms. The summed E-state index contributed by atoms with van der Waals surface area (Å²) in [6, 6.07) is 5.92. The van der Waals surface area contributed by atoms with E-state index in [1.54, 1.807) is 0 Å². The molecule has 1 unspecified atom stereocenters. The first-order chi connectivity index (χ1) is 10.2. The summed E-state index contributed by atoms with van der Waals surface area (Å²) in [6.45, 7) is 7.50. The average Bonchev–Trinajstić information content (AvgIpc) is 2.98. The maximum Gasteiger partial charge on any atom is 0.251 e. The predicted octanol–water partition coefficient (Wildman–Crippen LogP) is 2.97. The van der Waals surface area contributed by atoms with Gasteiger partial charge in [0.25, 0.3) is 5.91 Å². The molecule has 116 valence electrons. The Morgan fingerprint density at radius 3 is 2.90 bits per heavy atom. The van der Waals surface area contributed by atoms with Crippen LogP contribution in [0.5, 0.6) is 0 Å². The Morgan fingerprint density at radius 2 is 2.24 bits per heavy atom. The SMILES string of the molecule is CCCNc1ccc(C(=O)NCCC2CCOC2)c(C)c1. The number of hydrogen-bond acceptors (Lipinski definition) is 3. The van der Waals surface area contributed by atoms with Gasteiger partial charge in [0.15, 0.2) is 0 Å². The van der Waals surface area contributed by atoms with Crippen LogP contribution in [-0.4, -0.2) is 32.2 Å². The average molecular weight is 290 g/mol. The molecule has 1 aliphatic rings. The first-order valence-electron chi connectivity index (χ1n) is 7.91. The van der Waals surface area contributed by atoms with E-state index in [4.69, 9.17) is 4.74 Å². The minimum absolute atomic E-state index is 0.0217. The number of carbonyl (C=O) groups excluding carboxylic acids is 1. The van der Waals surface area contributed by atoms with Gasteiger partial charge in [-0.05, 0) is 55.9 Å². The zero-order chi connectivity index (χ0) is 15.1. The quantitative estimate of drug-likeness (QED) is 0.811. The number of amides is 1. The summed E-state index contributed by atoms with van der Waals surface area (Å²) >= 11 is 0. The molecule has 1 aromatic carbocycles. The van der Waals surface area contributed by atoms with Gasteiger partial charge in [-0.1, -0.05) is 6.92 Å². The summed E-state index contributed by atoms with van der Waals surface area (Å²) in [5.41, 5.74) is 2.85. The number of carbonyl (C=O) groups is 1. The van der Waals surface area contributed by atoms with Gasteiger partial charge >= 0.3 is 0 Å². The molecule has 0 aliphatic carbocycles. The highest BCUT2D eigenvalue weighted by molar-refractivity contribution is 5.96. The summed E-state index contributed by atoms with van der Waals surface area (Å²) in [7, 11) is 0. The topological polar surface area (TPSA) is 50.4 Å². The Balaban J connectivity index is 1.83. The molecule has 4 nitrogen and oxygen atoms in total. The van der Waals surface area contributed by atoms with E-state index < -0.39 is 0 Å². The molecule has 0 spiro atoms. The van der Waals surface area contributed by atoms with Crippen molar-refractivity contribution < 1.29 is 9.53 Å². The second kappa shape index (κ2) is 8.03. The minimum atomic E-state index is 0.0217. The summed E-state index contributed by atoms with van der Waals surface area (Å²) in [6.07, 6.45) is 3.21. The number of nitrogens with one attached hydrogen (secondary N) is 2. The van der Waals surface area contributed by atoms with Crippen molar-refractivity contribution in [1.82, 2.24) is 5.32 Å². The third-order valence-corrected chi connectivity index (χ3v) is 3.91. The van der Waals surface area contributed by atoms with Crippen LogP contribution in [0.4, 0.5) is 5.69 Å². The predicted molar refractivity (Wildman–Crippen MR) is 85.8 cm³/mol. The molecular weight excluding hydrogens is 264 g/mol. The van der Waals surface area contributed by atoms with Crippen molar-refractivity contribution in [3.63, 3.8) is 0 Å². The van der Waals surface area contributed by atoms with Crippen LogP contribution in [0.1, 0.15) is 42.1 Å². The van der Waals surface area contributed by atoms with E-state index >= 15 is 0 Å². The molecule has 2 N–H and O–H groups in total. The van der Waals surface area contributed by atoms with Crippen molar-refractivity contribution in [3.8, 4) is 0 Å². The first-order valence-corrected chi connectivity index (χ1v) is 7.91. The van der Waals surface area contributed by atoms with Crippen LogP contribution in [0.15, 0.2) is 18.2 Å². The molecule has 1 atom stereocenters. The first kappa shape index (κ1) is 15.8. The summed E-state index contributed by atoms with van der Waals surface area (Å²) in [5.74, 6) is 0.625. The van der Waals surface area contributed by atoms with E-state index in [0.29, 0.717) is 5.92 Å². The van der Waals surface area contributed by atoms with Crippen LogP contribution in [0.25, 0.3) is 0 Å². The monoisotopic (exact) mass is 290 g/mol. The molecule has 0 saturated carbocycles. The highest BCUT2D eigenvalue weighted by Gasteiger charge is 2.16. The number of aryl methyl sites for hydroxylation is 1. The molecule has 0 radical (unpaired) electrons. The summed E-state index contributed by atoms with van der Waals surface area (Å²) < 4.78 is 5.34. The lowest BCUT2D eigenvalue weighted by atomic mass is 10.0. The van der Waals surface area contributed by atoms with E-state index in [9.17, 15) is 4.79 Å². The fourth-order valence-corrected chi connectivity index (χ4v) is 2.59. The number of ether oxygens (including phenoxy) is 1. The molecule has 2 rings (SSSR count). The van der Waals surface area contributed by atoms with Crippen molar-refractivity contribution >= 4 is 11.6 Å². The van der Waals surface area contributed by atoms with E-state index in [2.05, 4.69) is 17.6 Å². The van der Waals surface area contributed by atoms with Crippen LogP contribution in [0, 0.1) is 12.8 Å². The molecular formula is C17H26N2O2. The van der Waals surface area contributed by atoms with E-state index in [0.717, 1.165) is 62.4 Å². The van der Waals surface area contributed by atoms with Crippen LogP contribution in [-0.2, 0) is 4.74 Å². The molecule has 1 aliphatic heterocycles. The van der Waals surface area contributed by atoms with Gasteiger partial charge in [-0.25, -0.2) is 0 Å². The van der Waals surface area contributed by atoms with Crippen molar-refractivity contribution in [2.24, 2.45) is 5.92 Å². The fourth-order valence-electron chi connectivity index (χ4n) is 2.59. The summed E-state index contributed by atoms with van der Waals surface area (Å²) in [5, 5.41) is 6.35. The Labute approximate surface area is 127 Å². The second-order valence-corrected chi connectivity index (χ2v) is 5.73. The van der Waals surface area contributed by atoms with Gasteiger partial charge in [-0.2, -0.15) is 0 Å². The lowest BCUT2D eigenvalue weighted by molar-refractivity contribution is 0.0950. The van der Waals surface area contributed by atoms with Crippen molar-refractivity contribution in [2.75, 3.05) is 31.6 Å². The maximum atomic E-state index is 12.2. The lowest BCUT2D eigenvalue weighted by Crippen LogP contribution is -2.26. The molecule has 1 fully saturated rings. The highest BCUT2D eigenvalue weighted by Crippen LogP contribution is 2.17. The third kappa shape index (κ3) is 4.74. The molecule has 0 bridgehead atoms. The Bertz CT molecular complexity index is 468. The van der Waals surface area contributed by atoms with Crippen molar-refractivity contribution in [2.45, 2.75) is 33.1 Å². The fraction of sp³-hybridized carbons (Fsp3) is 0.588. The Kier molecular flexibility index (Phi) is 6.05. The molecule has 1 aromatic rings. The number of benzene rings is 1. The van der Waals surface area contributed by atoms with Crippen molar-refractivity contribution in [1.29, 1.82) is 0 Å².